The average Bonchev–Trinajstić information content (AvgIpc) is 2.77. The van der Waals surface area contributed by atoms with Crippen LogP contribution in [0.1, 0.15) is 11.5 Å². The Kier molecular flexibility index (Phi) is 2.60. The lowest BCUT2D eigenvalue weighted by Gasteiger charge is -2.01. The van der Waals surface area contributed by atoms with Gasteiger partial charge < -0.3 is 15.3 Å². The predicted octanol–water partition coefficient (Wildman–Crippen LogP) is 1.22. The summed E-state index contributed by atoms with van der Waals surface area (Å²) in [5.74, 6) is 0.950. The van der Waals surface area contributed by atoms with Crippen LogP contribution in [-0.2, 0) is 13.5 Å². The molecule has 4 heteroatoms. The number of aromatic amines is 1. The van der Waals surface area contributed by atoms with E-state index in [1.54, 1.807) is 0 Å². The van der Waals surface area contributed by atoms with Crippen molar-refractivity contribution in [3.05, 3.63) is 29.8 Å². The maximum atomic E-state index is 5.48. The zero-order valence-corrected chi connectivity index (χ0v) is 9.12. The summed E-state index contributed by atoms with van der Waals surface area (Å²) in [6.45, 7) is 2.71. The highest BCUT2D eigenvalue weighted by molar-refractivity contribution is 5.55. The molecule has 0 spiro atoms. The van der Waals surface area contributed by atoms with Gasteiger partial charge in [0.1, 0.15) is 5.82 Å². The highest BCUT2D eigenvalue weighted by Gasteiger charge is 2.06. The minimum absolute atomic E-state index is 0.624. The molecule has 0 fully saturated rings. The molecule has 2 heterocycles. The number of nitrogens with two attached hydrogens (primary N) is 1. The topological polar surface area (TPSA) is 59.6 Å². The van der Waals surface area contributed by atoms with Gasteiger partial charge in [-0.3, -0.25) is 0 Å². The molecule has 0 saturated carbocycles. The molecule has 0 aliphatic carbocycles. The van der Waals surface area contributed by atoms with Crippen LogP contribution in [-0.4, -0.2) is 21.1 Å². The van der Waals surface area contributed by atoms with Gasteiger partial charge in [-0.05, 0) is 25.6 Å². The van der Waals surface area contributed by atoms with E-state index in [-0.39, 0.29) is 0 Å². The van der Waals surface area contributed by atoms with Gasteiger partial charge in [-0.2, -0.15) is 0 Å². The van der Waals surface area contributed by atoms with Crippen LogP contribution >= 0.6 is 0 Å². The molecule has 0 bridgehead atoms. The van der Waals surface area contributed by atoms with Crippen molar-refractivity contribution in [2.75, 3.05) is 6.54 Å². The summed E-state index contributed by atoms with van der Waals surface area (Å²) in [4.78, 5) is 7.56. The molecule has 15 heavy (non-hydrogen) atoms. The number of imidazole rings is 1. The van der Waals surface area contributed by atoms with Gasteiger partial charge in [-0.15, -0.1) is 0 Å². The Labute approximate surface area is 89.1 Å². The van der Waals surface area contributed by atoms with Gasteiger partial charge in [0.25, 0.3) is 0 Å². The molecule has 3 N–H and O–H groups in total. The number of hydrogen-bond acceptors (Lipinski definition) is 2. The summed E-state index contributed by atoms with van der Waals surface area (Å²) in [6.07, 6.45) is 2.66. The average molecular weight is 204 g/mol. The SMILES string of the molecule is Cc1ccc(-c2cnc(CCN)[nH]2)n1C. The molecule has 2 rings (SSSR count). The van der Waals surface area contributed by atoms with Crippen molar-refractivity contribution in [3.63, 3.8) is 0 Å². The van der Waals surface area contributed by atoms with Crippen molar-refractivity contribution < 1.29 is 0 Å². The van der Waals surface area contributed by atoms with Crippen LogP contribution in [0.5, 0.6) is 0 Å². The summed E-state index contributed by atoms with van der Waals surface area (Å²) < 4.78 is 2.14. The molecule has 80 valence electrons. The van der Waals surface area contributed by atoms with E-state index in [2.05, 4.69) is 33.6 Å². The van der Waals surface area contributed by atoms with Crippen LogP contribution in [0.4, 0.5) is 0 Å². The minimum atomic E-state index is 0.624. The number of nitrogens with zero attached hydrogens (tertiary/aromatic N) is 2. The Morgan fingerprint density at radius 1 is 1.47 bits per heavy atom. The van der Waals surface area contributed by atoms with Crippen molar-refractivity contribution >= 4 is 0 Å². The smallest absolute Gasteiger partial charge is 0.107 e. The number of aryl methyl sites for hydroxylation is 1. The van der Waals surface area contributed by atoms with Gasteiger partial charge in [-0.25, -0.2) is 4.98 Å². The van der Waals surface area contributed by atoms with Crippen molar-refractivity contribution in [2.45, 2.75) is 13.3 Å². The maximum Gasteiger partial charge on any atom is 0.107 e. The van der Waals surface area contributed by atoms with E-state index in [0.717, 1.165) is 23.6 Å². The highest BCUT2D eigenvalue weighted by Crippen LogP contribution is 2.19. The lowest BCUT2D eigenvalue weighted by molar-refractivity contribution is 0.878. The Bertz CT molecular complexity index is 453. The van der Waals surface area contributed by atoms with Gasteiger partial charge in [0, 0.05) is 19.2 Å². The van der Waals surface area contributed by atoms with E-state index in [0.29, 0.717) is 6.54 Å². The Balaban J connectivity index is 2.33. The normalized spacial score (nSPS) is 10.9. The molecule has 0 aromatic carbocycles. The van der Waals surface area contributed by atoms with E-state index < -0.39 is 0 Å². The summed E-state index contributed by atoms with van der Waals surface area (Å²) in [5.41, 5.74) is 8.92. The monoisotopic (exact) mass is 204 g/mol. The first-order chi connectivity index (χ1) is 7.22. The molecule has 0 amide bonds. The molecule has 0 radical (unpaired) electrons. The fourth-order valence-corrected chi connectivity index (χ4v) is 1.64. The molecule has 2 aromatic rings. The lowest BCUT2D eigenvalue weighted by atomic mass is 10.3. The molecule has 2 aromatic heterocycles. The van der Waals surface area contributed by atoms with Crippen LogP contribution in [0.3, 0.4) is 0 Å². The maximum absolute atomic E-state index is 5.48. The third kappa shape index (κ3) is 1.80. The second kappa shape index (κ2) is 3.90. The van der Waals surface area contributed by atoms with Crippen molar-refractivity contribution in [3.8, 4) is 11.4 Å². The van der Waals surface area contributed by atoms with E-state index in [4.69, 9.17) is 5.73 Å². The van der Waals surface area contributed by atoms with Gasteiger partial charge in [0.15, 0.2) is 0 Å². The Morgan fingerprint density at radius 3 is 2.87 bits per heavy atom. The Morgan fingerprint density at radius 2 is 2.27 bits per heavy atom. The van der Waals surface area contributed by atoms with Gasteiger partial charge in [0.2, 0.25) is 0 Å². The van der Waals surface area contributed by atoms with E-state index in [1.165, 1.54) is 5.69 Å². The van der Waals surface area contributed by atoms with Gasteiger partial charge >= 0.3 is 0 Å². The van der Waals surface area contributed by atoms with Crippen LogP contribution in [0, 0.1) is 6.92 Å². The van der Waals surface area contributed by atoms with E-state index in [9.17, 15) is 0 Å². The molecular formula is C11H16N4. The predicted molar refractivity (Wildman–Crippen MR) is 60.5 cm³/mol. The Hall–Kier alpha value is -1.55. The summed E-state index contributed by atoms with van der Waals surface area (Å²) in [7, 11) is 2.05. The first-order valence-corrected chi connectivity index (χ1v) is 5.09. The summed E-state index contributed by atoms with van der Waals surface area (Å²) in [5, 5.41) is 0. The second-order valence-corrected chi connectivity index (χ2v) is 3.70. The number of nitrogens with one attached hydrogen (secondary N) is 1. The molecule has 0 aliphatic heterocycles. The highest BCUT2D eigenvalue weighted by atomic mass is 15.0. The van der Waals surface area contributed by atoms with Crippen LogP contribution < -0.4 is 5.73 Å². The molecule has 0 atom stereocenters. The fourth-order valence-electron chi connectivity index (χ4n) is 1.64. The zero-order chi connectivity index (χ0) is 10.8. The number of H-pyrrole nitrogens is 1. The molecule has 0 aliphatic rings. The lowest BCUT2D eigenvalue weighted by Crippen LogP contribution is -2.03. The molecule has 4 nitrogen and oxygen atoms in total. The molecule has 0 unspecified atom stereocenters. The number of aromatic nitrogens is 3. The van der Waals surface area contributed by atoms with Gasteiger partial charge in [-0.1, -0.05) is 0 Å². The third-order valence-electron chi connectivity index (χ3n) is 2.66. The molecule has 0 saturated heterocycles. The van der Waals surface area contributed by atoms with Crippen molar-refractivity contribution in [1.29, 1.82) is 0 Å². The summed E-state index contributed by atoms with van der Waals surface area (Å²) in [6, 6.07) is 4.19. The number of hydrogen-bond donors (Lipinski definition) is 2. The largest absolute Gasteiger partial charge is 0.347 e. The second-order valence-electron chi connectivity index (χ2n) is 3.70. The summed E-state index contributed by atoms with van der Waals surface area (Å²) >= 11 is 0. The van der Waals surface area contributed by atoms with Crippen LogP contribution in [0.25, 0.3) is 11.4 Å². The fraction of sp³-hybridized carbons (Fsp3) is 0.364. The first-order valence-electron chi connectivity index (χ1n) is 5.09. The third-order valence-corrected chi connectivity index (χ3v) is 2.66. The van der Waals surface area contributed by atoms with Crippen LogP contribution in [0.2, 0.25) is 0 Å². The first kappa shape index (κ1) is 9.98. The van der Waals surface area contributed by atoms with Crippen molar-refractivity contribution in [1.82, 2.24) is 14.5 Å². The van der Waals surface area contributed by atoms with E-state index in [1.807, 2.05) is 13.2 Å². The van der Waals surface area contributed by atoms with E-state index >= 15 is 0 Å². The minimum Gasteiger partial charge on any atom is -0.347 e. The standard InChI is InChI=1S/C11H16N4/c1-8-3-4-10(15(8)2)9-7-13-11(14-9)5-6-12/h3-4,7H,5-6,12H2,1-2H3,(H,13,14). The quantitative estimate of drug-likeness (QED) is 0.789. The molecular weight excluding hydrogens is 188 g/mol. The van der Waals surface area contributed by atoms with Gasteiger partial charge in [0.05, 0.1) is 17.6 Å². The van der Waals surface area contributed by atoms with Crippen molar-refractivity contribution in [2.24, 2.45) is 12.8 Å². The number of rotatable bonds is 3. The van der Waals surface area contributed by atoms with Crippen LogP contribution in [0.15, 0.2) is 18.3 Å². The zero-order valence-electron chi connectivity index (χ0n) is 9.12.